The SMILES string of the molecule is CC(C)(C)OC(=O)NCC(NC(=O)OC(C)(C)C)C1CCC(CC(=O)O)CC1. The van der Waals surface area contributed by atoms with E-state index in [0.29, 0.717) is 0 Å². The van der Waals surface area contributed by atoms with Gasteiger partial charge in [0.2, 0.25) is 0 Å². The number of carboxylic acid groups (broad SMARTS) is 1. The zero-order chi connectivity index (χ0) is 21.5. The van der Waals surface area contributed by atoms with E-state index >= 15 is 0 Å². The molecule has 1 fully saturated rings. The number of nitrogens with one attached hydrogen (secondary N) is 2. The van der Waals surface area contributed by atoms with Crippen LogP contribution in [0.15, 0.2) is 0 Å². The fraction of sp³-hybridized carbons (Fsp3) is 0.850. The molecule has 1 atom stereocenters. The Hall–Kier alpha value is -1.99. The van der Waals surface area contributed by atoms with Crippen molar-refractivity contribution < 1.29 is 29.0 Å². The van der Waals surface area contributed by atoms with Crippen molar-refractivity contribution in [2.45, 2.75) is 90.9 Å². The van der Waals surface area contributed by atoms with E-state index in [1.807, 2.05) is 0 Å². The summed E-state index contributed by atoms with van der Waals surface area (Å²) in [4.78, 5) is 35.1. The Morgan fingerprint density at radius 3 is 1.89 bits per heavy atom. The van der Waals surface area contributed by atoms with E-state index in [0.717, 1.165) is 25.7 Å². The first-order valence-electron chi connectivity index (χ1n) is 9.93. The molecule has 8 heteroatoms. The van der Waals surface area contributed by atoms with E-state index in [9.17, 15) is 14.4 Å². The Balaban J connectivity index is 2.69. The Morgan fingerprint density at radius 2 is 1.43 bits per heavy atom. The number of hydrogen-bond donors (Lipinski definition) is 3. The predicted octanol–water partition coefficient (Wildman–Crippen LogP) is 3.69. The van der Waals surface area contributed by atoms with Crippen molar-refractivity contribution >= 4 is 18.2 Å². The van der Waals surface area contributed by atoms with Crippen LogP contribution < -0.4 is 10.6 Å². The first-order chi connectivity index (χ1) is 12.7. The number of ether oxygens (including phenoxy) is 2. The van der Waals surface area contributed by atoms with E-state index in [2.05, 4.69) is 10.6 Å². The summed E-state index contributed by atoms with van der Waals surface area (Å²) in [6, 6.07) is -0.312. The molecule has 0 heterocycles. The Morgan fingerprint density at radius 1 is 0.929 bits per heavy atom. The highest BCUT2D eigenvalue weighted by Gasteiger charge is 2.31. The number of amides is 2. The summed E-state index contributed by atoms with van der Waals surface area (Å²) < 4.78 is 10.6. The summed E-state index contributed by atoms with van der Waals surface area (Å²) in [5.74, 6) is -0.485. The molecule has 1 saturated carbocycles. The zero-order valence-electron chi connectivity index (χ0n) is 18.0. The van der Waals surface area contributed by atoms with Crippen molar-refractivity contribution in [3.8, 4) is 0 Å². The number of carboxylic acids is 1. The molecule has 0 aliphatic heterocycles. The smallest absolute Gasteiger partial charge is 0.407 e. The third-order valence-electron chi connectivity index (χ3n) is 4.49. The molecule has 28 heavy (non-hydrogen) atoms. The standard InChI is InChI=1S/C20H36N2O6/c1-19(2,3)27-17(25)21-12-15(22-18(26)28-20(4,5)6)14-9-7-13(8-10-14)11-16(23)24/h13-15H,7-12H2,1-6H3,(H,21,25)(H,22,26)(H,23,24). The lowest BCUT2D eigenvalue weighted by Crippen LogP contribution is -2.50. The third-order valence-corrected chi connectivity index (χ3v) is 4.49. The van der Waals surface area contributed by atoms with Crippen LogP contribution in [0.25, 0.3) is 0 Å². The van der Waals surface area contributed by atoms with E-state index in [4.69, 9.17) is 14.6 Å². The fourth-order valence-electron chi connectivity index (χ4n) is 3.34. The molecule has 162 valence electrons. The van der Waals surface area contributed by atoms with Gasteiger partial charge in [-0.1, -0.05) is 0 Å². The summed E-state index contributed by atoms with van der Waals surface area (Å²) in [5.41, 5.74) is -1.22. The Bertz CT molecular complexity index is 542. The van der Waals surface area contributed by atoms with Crippen LogP contribution >= 0.6 is 0 Å². The summed E-state index contributed by atoms with van der Waals surface area (Å²) in [6.45, 7) is 10.9. The maximum Gasteiger partial charge on any atom is 0.407 e. The molecule has 0 aromatic carbocycles. The molecule has 0 spiro atoms. The molecule has 0 aromatic heterocycles. The normalized spacial score (nSPS) is 21.4. The second-order valence-corrected chi connectivity index (χ2v) is 9.51. The van der Waals surface area contributed by atoms with Crippen molar-refractivity contribution in [3.05, 3.63) is 0 Å². The molecule has 2 amide bonds. The van der Waals surface area contributed by atoms with E-state index in [-0.39, 0.29) is 30.8 Å². The van der Waals surface area contributed by atoms with Gasteiger partial charge in [-0.2, -0.15) is 0 Å². The number of rotatable bonds is 6. The molecular formula is C20H36N2O6. The summed E-state index contributed by atoms with van der Waals surface area (Å²) in [7, 11) is 0. The van der Waals surface area contributed by atoms with Gasteiger partial charge in [0.1, 0.15) is 11.2 Å². The monoisotopic (exact) mass is 400 g/mol. The minimum absolute atomic E-state index is 0.132. The highest BCUT2D eigenvalue weighted by molar-refractivity contribution is 5.69. The van der Waals surface area contributed by atoms with Gasteiger partial charge in [0.05, 0.1) is 6.04 Å². The molecule has 8 nitrogen and oxygen atoms in total. The molecule has 0 saturated heterocycles. The second kappa shape index (κ2) is 9.98. The lowest BCUT2D eigenvalue weighted by Gasteiger charge is -2.34. The van der Waals surface area contributed by atoms with Gasteiger partial charge >= 0.3 is 18.2 Å². The van der Waals surface area contributed by atoms with Crippen LogP contribution in [-0.4, -0.2) is 47.1 Å². The van der Waals surface area contributed by atoms with Crippen LogP contribution in [0.3, 0.4) is 0 Å². The summed E-state index contributed by atoms with van der Waals surface area (Å²) in [6.07, 6.45) is 2.25. The minimum atomic E-state index is -0.779. The molecule has 0 aromatic rings. The van der Waals surface area contributed by atoms with Gasteiger partial charge in [-0.3, -0.25) is 4.79 Å². The van der Waals surface area contributed by atoms with Gasteiger partial charge in [0.25, 0.3) is 0 Å². The van der Waals surface area contributed by atoms with Crippen molar-refractivity contribution in [2.24, 2.45) is 11.8 Å². The van der Waals surface area contributed by atoms with Crippen LogP contribution in [0.4, 0.5) is 9.59 Å². The van der Waals surface area contributed by atoms with Gasteiger partial charge < -0.3 is 25.2 Å². The predicted molar refractivity (Wildman–Crippen MR) is 105 cm³/mol. The van der Waals surface area contributed by atoms with Crippen molar-refractivity contribution in [1.29, 1.82) is 0 Å². The Labute approximate surface area is 167 Å². The molecule has 1 aliphatic carbocycles. The molecule has 3 N–H and O–H groups in total. The summed E-state index contributed by atoms with van der Waals surface area (Å²) >= 11 is 0. The van der Waals surface area contributed by atoms with Crippen LogP contribution in [0.1, 0.15) is 73.6 Å². The maximum absolute atomic E-state index is 12.2. The zero-order valence-corrected chi connectivity index (χ0v) is 18.0. The average Bonchev–Trinajstić information content (AvgIpc) is 2.48. The van der Waals surface area contributed by atoms with Gasteiger partial charge in [-0.25, -0.2) is 9.59 Å². The van der Waals surface area contributed by atoms with E-state index < -0.39 is 29.4 Å². The number of alkyl carbamates (subject to hydrolysis) is 2. The first kappa shape index (κ1) is 24.0. The Kier molecular flexibility index (Phi) is 8.57. The average molecular weight is 401 g/mol. The third kappa shape index (κ3) is 10.4. The second-order valence-electron chi connectivity index (χ2n) is 9.51. The quantitative estimate of drug-likeness (QED) is 0.626. The first-order valence-corrected chi connectivity index (χ1v) is 9.93. The highest BCUT2D eigenvalue weighted by atomic mass is 16.6. The molecule has 1 aliphatic rings. The van der Waals surface area contributed by atoms with E-state index in [1.165, 1.54) is 0 Å². The van der Waals surface area contributed by atoms with Gasteiger partial charge in [0, 0.05) is 13.0 Å². The van der Waals surface area contributed by atoms with Crippen molar-refractivity contribution in [3.63, 3.8) is 0 Å². The van der Waals surface area contributed by atoms with Crippen LogP contribution in [-0.2, 0) is 14.3 Å². The molecule has 1 rings (SSSR count). The lowest BCUT2D eigenvalue weighted by atomic mass is 9.77. The highest BCUT2D eigenvalue weighted by Crippen LogP contribution is 2.32. The molecular weight excluding hydrogens is 364 g/mol. The summed E-state index contributed by atoms with van der Waals surface area (Å²) in [5, 5.41) is 14.6. The van der Waals surface area contributed by atoms with Gasteiger partial charge in [-0.15, -0.1) is 0 Å². The number of hydrogen-bond acceptors (Lipinski definition) is 5. The van der Waals surface area contributed by atoms with Crippen LogP contribution in [0, 0.1) is 11.8 Å². The van der Waals surface area contributed by atoms with E-state index in [1.54, 1.807) is 41.5 Å². The molecule has 1 unspecified atom stereocenters. The maximum atomic E-state index is 12.2. The fourth-order valence-corrected chi connectivity index (χ4v) is 3.34. The van der Waals surface area contributed by atoms with Gasteiger partial charge in [0.15, 0.2) is 0 Å². The largest absolute Gasteiger partial charge is 0.481 e. The van der Waals surface area contributed by atoms with Gasteiger partial charge in [-0.05, 0) is 79.1 Å². The number of carbonyl (C=O) groups excluding carboxylic acids is 2. The number of aliphatic carboxylic acids is 1. The number of carbonyl (C=O) groups is 3. The molecule has 0 bridgehead atoms. The molecule has 0 radical (unpaired) electrons. The van der Waals surface area contributed by atoms with Crippen LogP contribution in [0.5, 0.6) is 0 Å². The lowest BCUT2D eigenvalue weighted by molar-refractivity contribution is -0.138. The minimum Gasteiger partial charge on any atom is -0.481 e. The van der Waals surface area contributed by atoms with Crippen LogP contribution in [0.2, 0.25) is 0 Å². The van der Waals surface area contributed by atoms with Crippen molar-refractivity contribution in [1.82, 2.24) is 10.6 Å². The van der Waals surface area contributed by atoms with Crippen molar-refractivity contribution in [2.75, 3.05) is 6.54 Å². The topological polar surface area (TPSA) is 114 Å².